The quantitative estimate of drug-likeness (QED) is 0.176. The van der Waals surface area contributed by atoms with E-state index in [1.54, 1.807) is 6.07 Å². The first-order valence-electron chi connectivity index (χ1n) is 19.8. The van der Waals surface area contributed by atoms with Gasteiger partial charge in [0, 0.05) is 73.8 Å². The molecule has 4 aromatic heterocycles. The summed E-state index contributed by atoms with van der Waals surface area (Å²) in [5, 5.41) is 19.1. The minimum Gasteiger partial charge on any atom is -0.344 e. The summed E-state index contributed by atoms with van der Waals surface area (Å²) in [7, 11) is 4.12. The van der Waals surface area contributed by atoms with Crippen molar-refractivity contribution in [2.45, 2.75) is 6.18 Å². The van der Waals surface area contributed by atoms with Crippen LogP contribution in [0.4, 0.5) is 13.2 Å². The maximum absolute atomic E-state index is 14.8. The molecule has 0 unspecified atom stereocenters. The molecule has 60 heavy (non-hydrogen) atoms. The number of rotatable bonds is 3. The monoisotopic (exact) mass is 783 g/mol. The van der Waals surface area contributed by atoms with Crippen molar-refractivity contribution >= 4 is 87.2 Å². The van der Waals surface area contributed by atoms with Crippen molar-refractivity contribution in [2.75, 3.05) is 0 Å². The van der Waals surface area contributed by atoms with E-state index in [9.17, 15) is 18.4 Å². The lowest BCUT2D eigenvalue weighted by molar-refractivity contribution is -0.137. The fraction of sp³-hybridized carbons (Fsp3) is 0.0577. The van der Waals surface area contributed by atoms with Gasteiger partial charge in [-0.05, 0) is 66.2 Å². The van der Waals surface area contributed by atoms with Gasteiger partial charge in [-0.15, -0.1) is 0 Å². The van der Waals surface area contributed by atoms with E-state index in [0.29, 0.717) is 28.1 Å². The SMILES string of the molecule is Cn1c2ccccc2c2c1ccc1c3ccccc3n(-c3cc(C#N)cc(-n4c5ccccc5c5ccc6c(c7ccccc7n6C)c54)c3-c3cccc(C(F)(F)F)c3)c12. The van der Waals surface area contributed by atoms with Gasteiger partial charge in [-0.25, -0.2) is 0 Å². The number of alkyl halides is 3. The first-order chi connectivity index (χ1) is 29.2. The summed E-state index contributed by atoms with van der Waals surface area (Å²) >= 11 is 0. The topological polar surface area (TPSA) is 43.5 Å². The van der Waals surface area contributed by atoms with Crippen LogP contribution in [-0.2, 0) is 20.3 Å². The first kappa shape index (κ1) is 34.3. The zero-order valence-electron chi connectivity index (χ0n) is 32.4. The molecule has 0 bridgehead atoms. The van der Waals surface area contributed by atoms with E-state index in [1.165, 1.54) is 12.1 Å². The highest BCUT2D eigenvalue weighted by atomic mass is 19.4. The van der Waals surface area contributed by atoms with Gasteiger partial charge in [0.2, 0.25) is 0 Å². The van der Waals surface area contributed by atoms with Gasteiger partial charge in [0.1, 0.15) is 0 Å². The number of halogens is 3. The average Bonchev–Trinajstić information content (AvgIpc) is 3.98. The van der Waals surface area contributed by atoms with Crippen molar-refractivity contribution in [3.05, 3.63) is 169 Å². The van der Waals surface area contributed by atoms with Crippen LogP contribution in [-0.4, -0.2) is 18.3 Å². The predicted molar refractivity (Wildman–Crippen MR) is 238 cm³/mol. The minimum atomic E-state index is -4.59. The van der Waals surface area contributed by atoms with Crippen molar-refractivity contribution < 1.29 is 13.2 Å². The van der Waals surface area contributed by atoms with Crippen LogP contribution in [0.2, 0.25) is 0 Å². The Morgan fingerprint density at radius 1 is 0.450 bits per heavy atom. The van der Waals surface area contributed by atoms with Gasteiger partial charge in [-0.1, -0.05) is 97.1 Å². The highest BCUT2D eigenvalue weighted by Gasteiger charge is 2.32. The number of aromatic nitrogens is 4. The predicted octanol–water partition coefficient (Wildman–Crippen LogP) is 13.7. The standard InChI is InChI=1S/C52H32F3N5/c1-57-39-18-7-5-16-37(39)48-43(57)24-22-35-33-14-3-9-20-41(33)59(50(35)48)45-26-30(29-56)27-46(47(45)31-12-11-13-32(28-31)52(53,54)55)60-42-21-10-4-15-34(42)36-23-25-44-49(51(36)60)38-17-6-8-19-40(38)58(44)2/h3-28H,1-2H3. The molecular formula is C52H32F3N5. The molecule has 0 atom stereocenters. The second-order valence-electron chi connectivity index (χ2n) is 15.6. The fourth-order valence-electron chi connectivity index (χ4n) is 10.1. The normalized spacial score (nSPS) is 12.4. The summed E-state index contributed by atoms with van der Waals surface area (Å²) in [6.07, 6.45) is -4.59. The molecule has 0 saturated carbocycles. The van der Waals surface area contributed by atoms with Gasteiger partial charge in [0.25, 0.3) is 0 Å². The van der Waals surface area contributed by atoms with Crippen molar-refractivity contribution in [3.63, 3.8) is 0 Å². The van der Waals surface area contributed by atoms with E-state index < -0.39 is 11.7 Å². The molecular weight excluding hydrogens is 752 g/mol. The zero-order chi connectivity index (χ0) is 40.6. The van der Waals surface area contributed by atoms with E-state index in [1.807, 2.05) is 60.7 Å². The smallest absolute Gasteiger partial charge is 0.344 e. The zero-order valence-corrected chi connectivity index (χ0v) is 32.4. The maximum Gasteiger partial charge on any atom is 0.416 e. The molecule has 0 aliphatic carbocycles. The fourth-order valence-corrected chi connectivity index (χ4v) is 10.1. The lowest BCUT2D eigenvalue weighted by Gasteiger charge is -2.22. The van der Waals surface area contributed by atoms with E-state index >= 15 is 0 Å². The average molecular weight is 784 g/mol. The summed E-state index contributed by atoms with van der Waals surface area (Å²) in [4.78, 5) is 0. The van der Waals surface area contributed by atoms with Crippen LogP contribution in [0.15, 0.2) is 158 Å². The van der Waals surface area contributed by atoms with E-state index in [2.05, 4.69) is 111 Å². The van der Waals surface area contributed by atoms with Crippen molar-refractivity contribution in [1.82, 2.24) is 18.3 Å². The van der Waals surface area contributed by atoms with Gasteiger partial charge in [-0.2, -0.15) is 18.4 Å². The van der Waals surface area contributed by atoms with Gasteiger partial charge < -0.3 is 18.3 Å². The molecule has 286 valence electrons. The summed E-state index contributed by atoms with van der Waals surface area (Å²) < 4.78 is 53.1. The summed E-state index contributed by atoms with van der Waals surface area (Å²) in [6.45, 7) is 0. The Bertz CT molecular complexity index is 3650. The molecule has 12 rings (SSSR count). The van der Waals surface area contributed by atoms with E-state index in [0.717, 1.165) is 93.3 Å². The van der Waals surface area contributed by atoms with Crippen LogP contribution in [0.25, 0.3) is 110 Å². The third kappa shape index (κ3) is 4.52. The van der Waals surface area contributed by atoms with Crippen molar-refractivity contribution in [2.24, 2.45) is 14.1 Å². The highest BCUT2D eigenvalue weighted by Crippen LogP contribution is 2.47. The lowest BCUT2D eigenvalue weighted by Crippen LogP contribution is -2.07. The van der Waals surface area contributed by atoms with E-state index in [-0.39, 0.29) is 0 Å². The van der Waals surface area contributed by atoms with Gasteiger partial charge in [0.05, 0.1) is 61.7 Å². The Balaban J connectivity index is 1.35. The molecule has 4 heterocycles. The van der Waals surface area contributed by atoms with Crippen molar-refractivity contribution in [3.8, 4) is 28.6 Å². The van der Waals surface area contributed by atoms with Crippen LogP contribution in [0.1, 0.15) is 11.1 Å². The number of hydrogen-bond acceptors (Lipinski definition) is 1. The molecule has 8 heteroatoms. The Kier molecular flexibility index (Phi) is 6.94. The van der Waals surface area contributed by atoms with Crippen LogP contribution in [0.3, 0.4) is 0 Å². The Morgan fingerprint density at radius 3 is 1.37 bits per heavy atom. The molecule has 0 aliphatic heterocycles. The molecule has 0 radical (unpaired) electrons. The highest BCUT2D eigenvalue weighted by molar-refractivity contribution is 6.27. The molecule has 0 N–H and O–H groups in total. The van der Waals surface area contributed by atoms with Gasteiger partial charge in [0.15, 0.2) is 0 Å². The Morgan fingerprint density at radius 2 is 0.900 bits per heavy atom. The summed E-state index contributed by atoms with van der Waals surface area (Å²) in [5.74, 6) is 0. The molecule has 0 aliphatic rings. The molecule has 12 aromatic rings. The van der Waals surface area contributed by atoms with Gasteiger partial charge in [-0.3, -0.25) is 0 Å². The lowest BCUT2D eigenvalue weighted by atomic mass is 9.96. The third-order valence-electron chi connectivity index (χ3n) is 12.6. The second kappa shape index (κ2) is 12.1. The summed E-state index contributed by atoms with van der Waals surface area (Å²) in [6, 6.07) is 53.2. The number of aryl methyl sites for hydroxylation is 2. The molecule has 5 nitrogen and oxygen atoms in total. The Labute approximate surface area is 340 Å². The maximum atomic E-state index is 14.8. The van der Waals surface area contributed by atoms with Crippen LogP contribution < -0.4 is 0 Å². The number of fused-ring (bicyclic) bond motifs is 14. The van der Waals surface area contributed by atoms with E-state index in [4.69, 9.17) is 0 Å². The third-order valence-corrected chi connectivity index (χ3v) is 12.6. The number of benzene rings is 8. The van der Waals surface area contributed by atoms with Crippen LogP contribution >= 0.6 is 0 Å². The molecule has 0 spiro atoms. The molecule has 0 saturated heterocycles. The number of hydrogen-bond donors (Lipinski definition) is 0. The largest absolute Gasteiger partial charge is 0.416 e. The molecule has 0 fully saturated rings. The minimum absolute atomic E-state index is 0.378. The number of para-hydroxylation sites is 4. The number of nitriles is 1. The second-order valence-corrected chi connectivity index (χ2v) is 15.6. The summed E-state index contributed by atoms with van der Waals surface area (Å²) in [5.41, 5.74) is 9.52. The Hall–Kier alpha value is -7.76. The molecule has 0 amide bonds. The van der Waals surface area contributed by atoms with Gasteiger partial charge >= 0.3 is 6.18 Å². The number of nitrogens with zero attached hydrogens (tertiary/aromatic N) is 5. The molecule has 8 aromatic carbocycles. The first-order valence-corrected chi connectivity index (χ1v) is 19.8. The van der Waals surface area contributed by atoms with Crippen LogP contribution in [0, 0.1) is 11.3 Å². The van der Waals surface area contributed by atoms with Crippen molar-refractivity contribution in [1.29, 1.82) is 5.26 Å². The van der Waals surface area contributed by atoms with Crippen LogP contribution in [0.5, 0.6) is 0 Å².